The van der Waals surface area contributed by atoms with Gasteiger partial charge in [-0.2, -0.15) is 0 Å². The van der Waals surface area contributed by atoms with Crippen molar-refractivity contribution in [3.63, 3.8) is 0 Å². The highest BCUT2D eigenvalue weighted by Gasteiger charge is 2.29. The summed E-state index contributed by atoms with van der Waals surface area (Å²) in [5.41, 5.74) is 6.13. The van der Waals surface area contributed by atoms with Gasteiger partial charge in [0.15, 0.2) is 0 Å². The SMILES string of the molecule is CCC[C@H](N)C(=O)OC1CCC(C)(C)CC1. The van der Waals surface area contributed by atoms with Crippen LogP contribution in [0.4, 0.5) is 0 Å². The van der Waals surface area contributed by atoms with Gasteiger partial charge in [0.25, 0.3) is 0 Å². The van der Waals surface area contributed by atoms with Gasteiger partial charge in [0.05, 0.1) is 0 Å². The fourth-order valence-electron chi connectivity index (χ4n) is 2.17. The Labute approximate surface area is 98.7 Å². The molecule has 0 aromatic carbocycles. The molecule has 3 nitrogen and oxygen atoms in total. The molecule has 1 rings (SSSR count). The van der Waals surface area contributed by atoms with Crippen molar-refractivity contribution in [2.75, 3.05) is 0 Å². The van der Waals surface area contributed by atoms with E-state index in [0.29, 0.717) is 5.41 Å². The first-order valence-corrected chi connectivity index (χ1v) is 6.40. The summed E-state index contributed by atoms with van der Waals surface area (Å²) < 4.78 is 5.44. The average molecular weight is 227 g/mol. The van der Waals surface area contributed by atoms with Crippen molar-refractivity contribution in [3.8, 4) is 0 Å². The van der Waals surface area contributed by atoms with E-state index in [1.807, 2.05) is 6.92 Å². The van der Waals surface area contributed by atoms with Gasteiger partial charge < -0.3 is 10.5 Å². The van der Waals surface area contributed by atoms with Gasteiger partial charge in [-0.05, 0) is 37.5 Å². The number of rotatable bonds is 4. The first kappa shape index (κ1) is 13.5. The van der Waals surface area contributed by atoms with E-state index in [9.17, 15) is 4.79 Å². The van der Waals surface area contributed by atoms with Gasteiger partial charge in [-0.3, -0.25) is 4.79 Å². The zero-order valence-electron chi connectivity index (χ0n) is 10.8. The standard InChI is InChI=1S/C13H25NO2/c1-4-5-11(14)12(15)16-10-6-8-13(2,3)9-7-10/h10-11H,4-9,14H2,1-3H3/t11-/m0/s1. The summed E-state index contributed by atoms with van der Waals surface area (Å²) in [5.74, 6) is -0.216. The van der Waals surface area contributed by atoms with Crippen LogP contribution < -0.4 is 5.73 Å². The van der Waals surface area contributed by atoms with Crippen molar-refractivity contribution in [3.05, 3.63) is 0 Å². The van der Waals surface area contributed by atoms with Crippen LogP contribution in [0.3, 0.4) is 0 Å². The molecule has 0 unspecified atom stereocenters. The smallest absolute Gasteiger partial charge is 0.323 e. The molecule has 0 saturated heterocycles. The minimum absolute atomic E-state index is 0.100. The molecule has 0 spiro atoms. The van der Waals surface area contributed by atoms with Crippen molar-refractivity contribution >= 4 is 5.97 Å². The van der Waals surface area contributed by atoms with Gasteiger partial charge in [-0.25, -0.2) is 0 Å². The molecule has 0 amide bonds. The molecule has 2 N–H and O–H groups in total. The summed E-state index contributed by atoms with van der Waals surface area (Å²) in [7, 11) is 0. The zero-order valence-corrected chi connectivity index (χ0v) is 10.8. The quantitative estimate of drug-likeness (QED) is 0.751. The summed E-state index contributed by atoms with van der Waals surface area (Å²) in [6.07, 6.45) is 5.98. The molecule has 1 aliphatic carbocycles. The highest BCUT2D eigenvalue weighted by molar-refractivity contribution is 5.75. The van der Waals surface area contributed by atoms with E-state index in [-0.39, 0.29) is 12.1 Å². The Kier molecular flexibility index (Phi) is 4.78. The predicted molar refractivity (Wildman–Crippen MR) is 65.0 cm³/mol. The summed E-state index contributed by atoms with van der Waals surface area (Å²) in [4.78, 5) is 11.6. The molecule has 1 fully saturated rings. The third-order valence-electron chi connectivity index (χ3n) is 3.47. The summed E-state index contributed by atoms with van der Waals surface area (Å²) in [5, 5.41) is 0. The van der Waals surface area contributed by atoms with Crippen molar-refractivity contribution in [1.29, 1.82) is 0 Å². The summed E-state index contributed by atoms with van der Waals surface area (Å²) in [6.45, 7) is 6.57. The highest BCUT2D eigenvalue weighted by Crippen LogP contribution is 2.36. The Balaban J connectivity index is 2.31. The van der Waals surface area contributed by atoms with Gasteiger partial charge in [-0.1, -0.05) is 27.2 Å². The zero-order chi connectivity index (χ0) is 12.2. The number of carbonyl (C=O) groups is 1. The van der Waals surface area contributed by atoms with E-state index in [2.05, 4.69) is 13.8 Å². The molecule has 1 aliphatic rings. The Hall–Kier alpha value is -0.570. The van der Waals surface area contributed by atoms with E-state index >= 15 is 0 Å². The number of carbonyl (C=O) groups excluding carboxylic acids is 1. The summed E-state index contributed by atoms with van der Waals surface area (Å²) in [6, 6.07) is -0.431. The first-order valence-electron chi connectivity index (χ1n) is 6.40. The third-order valence-corrected chi connectivity index (χ3v) is 3.47. The highest BCUT2D eigenvalue weighted by atomic mass is 16.5. The van der Waals surface area contributed by atoms with Gasteiger partial charge in [0, 0.05) is 0 Å². The number of hydrogen-bond donors (Lipinski definition) is 1. The molecule has 0 heterocycles. The Morgan fingerprint density at radius 3 is 2.50 bits per heavy atom. The molecule has 0 aromatic heterocycles. The fourth-order valence-corrected chi connectivity index (χ4v) is 2.17. The Bertz CT molecular complexity index is 228. The van der Waals surface area contributed by atoms with Crippen molar-refractivity contribution in [1.82, 2.24) is 0 Å². The molecule has 16 heavy (non-hydrogen) atoms. The molecule has 1 atom stereocenters. The van der Waals surface area contributed by atoms with Crippen molar-refractivity contribution in [2.24, 2.45) is 11.1 Å². The van der Waals surface area contributed by atoms with Crippen molar-refractivity contribution < 1.29 is 9.53 Å². The molecular formula is C13H25NO2. The maximum atomic E-state index is 11.6. The number of esters is 1. The number of ether oxygens (including phenoxy) is 1. The third kappa shape index (κ3) is 4.12. The van der Waals surface area contributed by atoms with E-state index < -0.39 is 6.04 Å². The molecule has 0 radical (unpaired) electrons. The second-order valence-electron chi connectivity index (χ2n) is 5.70. The second-order valence-corrected chi connectivity index (χ2v) is 5.70. The summed E-state index contributed by atoms with van der Waals surface area (Å²) >= 11 is 0. The molecule has 3 heteroatoms. The fraction of sp³-hybridized carbons (Fsp3) is 0.923. The minimum atomic E-state index is -0.431. The van der Waals surface area contributed by atoms with Crippen LogP contribution in [0.25, 0.3) is 0 Å². The topological polar surface area (TPSA) is 52.3 Å². The normalized spacial score (nSPS) is 22.8. The van der Waals surface area contributed by atoms with E-state index in [1.165, 1.54) is 0 Å². The van der Waals surface area contributed by atoms with Crippen LogP contribution in [-0.2, 0) is 9.53 Å². The van der Waals surface area contributed by atoms with Gasteiger partial charge in [-0.15, -0.1) is 0 Å². The van der Waals surface area contributed by atoms with Crippen LogP contribution >= 0.6 is 0 Å². The molecule has 0 bridgehead atoms. The van der Waals surface area contributed by atoms with Crippen LogP contribution in [0.1, 0.15) is 59.3 Å². The van der Waals surface area contributed by atoms with Gasteiger partial charge in [0.1, 0.15) is 12.1 Å². The Morgan fingerprint density at radius 2 is 2.00 bits per heavy atom. The minimum Gasteiger partial charge on any atom is -0.461 e. The van der Waals surface area contributed by atoms with Crippen molar-refractivity contribution in [2.45, 2.75) is 71.4 Å². The maximum Gasteiger partial charge on any atom is 0.323 e. The van der Waals surface area contributed by atoms with E-state index in [4.69, 9.17) is 10.5 Å². The lowest BCUT2D eigenvalue weighted by atomic mass is 9.76. The lowest BCUT2D eigenvalue weighted by molar-refractivity contribution is -0.153. The second kappa shape index (κ2) is 5.67. The first-order chi connectivity index (χ1) is 7.44. The van der Waals surface area contributed by atoms with Gasteiger partial charge in [0.2, 0.25) is 0 Å². The molecule has 0 aromatic rings. The lowest BCUT2D eigenvalue weighted by Crippen LogP contribution is -2.36. The van der Waals surface area contributed by atoms with Crippen LogP contribution in [-0.4, -0.2) is 18.1 Å². The van der Waals surface area contributed by atoms with E-state index in [1.54, 1.807) is 0 Å². The molecule has 0 aliphatic heterocycles. The Morgan fingerprint density at radius 1 is 1.44 bits per heavy atom. The number of hydrogen-bond acceptors (Lipinski definition) is 3. The number of nitrogens with two attached hydrogens (primary N) is 1. The lowest BCUT2D eigenvalue weighted by Gasteiger charge is -2.34. The molecular weight excluding hydrogens is 202 g/mol. The average Bonchev–Trinajstić information content (AvgIpc) is 2.21. The largest absolute Gasteiger partial charge is 0.461 e. The van der Waals surface area contributed by atoms with Crippen LogP contribution in [0.2, 0.25) is 0 Å². The van der Waals surface area contributed by atoms with E-state index in [0.717, 1.165) is 38.5 Å². The van der Waals surface area contributed by atoms with Gasteiger partial charge >= 0.3 is 5.97 Å². The molecule has 94 valence electrons. The maximum absolute atomic E-state index is 11.6. The van der Waals surface area contributed by atoms with Crippen LogP contribution in [0, 0.1) is 5.41 Å². The predicted octanol–water partition coefficient (Wildman–Crippen LogP) is 2.63. The monoisotopic (exact) mass is 227 g/mol. The molecule has 1 saturated carbocycles. The van der Waals surface area contributed by atoms with Crippen LogP contribution in [0.5, 0.6) is 0 Å². The van der Waals surface area contributed by atoms with Crippen LogP contribution in [0.15, 0.2) is 0 Å².